The van der Waals surface area contributed by atoms with Crippen molar-refractivity contribution in [2.45, 2.75) is 380 Å². The minimum atomic E-state index is 1.37. The molecule has 0 saturated carbocycles. The second-order valence-corrected chi connectivity index (χ2v) is 21.6. The van der Waals surface area contributed by atoms with Crippen molar-refractivity contribution >= 4 is 0 Å². The van der Waals surface area contributed by atoms with Gasteiger partial charge in [0.15, 0.2) is 0 Å². The Hall–Kier alpha value is -0.0400. The second-order valence-electron chi connectivity index (χ2n) is 21.6. The van der Waals surface area contributed by atoms with Crippen LogP contribution < -0.4 is 0 Å². The van der Waals surface area contributed by atoms with Crippen molar-refractivity contribution in [3.8, 4) is 0 Å². The molecule has 0 radical (unpaired) electrons. The van der Waals surface area contributed by atoms with Crippen LogP contribution in [-0.2, 0) is 0 Å². The molecule has 0 atom stereocenters. The topological polar surface area (TPSA) is 3.24 Å². The second kappa shape index (κ2) is 60.0. The molecular formula is C62H127N. The van der Waals surface area contributed by atoms with Crippen molar-refractivity contribution in [1.29, 1.82) is 0 Å². The maximum atomic E-state index is 2.89. The Balaban J connectivity index is 3.86. The molecule has 63 heavy (non-hydrogen) atoms. The van der Waals surface area contributed by atoms with E-state index < -0.39 is 0 Å². The number of hydrogen-bond donors (Lipinski definition) is 0. The van der Waals surface area contributed by atoms with Crippen LogP contribution in [0.1, 0.15) is 380 Å². The van der Waals surface area contributed by atoms with Gasteiger partial charge in [-0.05, 0) is 38.9 Å². The molecule has 0 rings (SSSR count). The van der Waals surface area contributed by atoms with E-state index in [-0.39, 0.29) is 0 Å². The zero-order valence-corrected chi connectivity index (χ0v) is 45.2. The van der Waals surface area contributed by atoms with Crippen LogP contribution in [-0.4, -0.2) is 24.5 Å². The molecule has 0 aliphatic heterocycles. The fourth-order valence-electron chi connectivity index (χ4n) is 10.4. The van der Waals surface area contributed by atoms with Gasteiger partial charge in [0.1, 0.15) is 0 Å². The van der Waals surface area contributed by atoms with Gasteiger partial charge in [0, 0.05) is 0 Å². The van der Waals surface area contributed by atoms with E-state index in [9.17, 15) is 0 Å². The monoisotopic (exact) mass is 886 g/mol. The SMILES string of the molecule is CCCCCCCCCCCCCCCCCCCCCCCCN(CCCCCCCCCCCCCC)CCCCCCCCCCCCCCCCCCCCCCCC. The van der Waals surface area contributed by atoms with Crippen molar-refractivity contribution in [3.05, 3.63) is 0 Å². The zero-order valence-electron chi connectivity index (χ0n) is 45.2. The molecule has 0 aromatic rings. The largest absolute Gasteiger partial charge is 0.303 e. The maximum absolute atomic E-state index is 2.89. The summed E-state index contributed by atoms with van der Waals surface area (Å²) >= 11 is 0. The normalized spacial score (nSPS) is 11.8. The van der Waals surface area contributed by atoms with E-state index in [4.69, 9.17) is 0 Å². The molecule has 0 spiro atoms. The molecule has 0 fully saturated rings. The highest BCUT2D eigenvalue weighted by Crippen LogP contribution is 2.19. The first-order chi connectivity index (χ1) is 31.3. The van der Waals surface area contributed by atoms with Gasteiger partial charge in [-0.15, -0.1) is 0 Å². The molecular weight excluding hydrogens is 759 g/mol. The number of nitrogens with zero attached hydrogens (tertiary/aromatic N) is 1. The van der Waals surface area contributed by atoms with Crippen LogP contribution >= 0.6 is 0 Å². The summed E-state index contributed by atoms with van der Waals surface area (Å²) in [6.07, 6.45) is 82.5. The Labute approximate surface area is 403 Å². The quantitative estimate of drug-likeness (QED) is 0.0550. The van der Waals surface area contributed by atoms with Gasteiger partial charge in [0.2, 0.25) is 0 Å². The summed E-state index contributed by atoms with van der Waals surface area (Å²) in [5.74, 6) is 0. The van der Waals surface area contributed by atoms with Gasteiger partial charge in [0.05, 0.1) is 0 Å². The van der Waals surface area contributed by atoms with Crippen molar-refractivity contribution in [2.75, 3.05) is 19.6 Å². The lowest BCUT2D eigenvalue weighted by atomic mass is 10.0. The fraction of sp³-hybridized carbons (Fsp3) is 1.00. The van der Waals surface area contributed by atoms with Gasteiger partial charge in [-0.3, -0.25) is 0 Å². The predicted molar refractivity (Wildman–Crippen MR) is 292 cm³/mol. The highest BCUT2D eigenvalue weighted by atomic mass is 15.1. The molecule has 1 nitrogen and oxygen atoms in total. The lowest BCUT2D eigenvalue weighted by molar-refractivity contribution is 0.254. The summed E-state index contributed by atoms with van der Waals surface area (Å²) in [4.78, 5) is 2.89. The molecule has 0 saturated heterocycles. The molecule has 0 aromatic carbocycles. The van der Waals surface area contributed by atoms with Crippen molar-refractivity contribution < 1.29 is 0 Å². The summed E-state index contributed by atoms with van der Waals surface area (Å²) in [6, 6.07) is 0. The van der Waals surface area contributed by atoms with Crippen LogP contribution in [0.4, 0.5) is 0 Å². The van der Waals surface area contributed by atoms with Gasteiger partial charge in [0.25, 0.3) is 0 Å². The van der Waals surface area contributed by atoms with E-state index in [0.29, 0.717) is 0 Å². The van der Waals surface area contributed by atoms with E-state index >= 15 is 0 Å². The molecule has 380 valence electrons. The molecule has 0 aliphatic rings. The first-order valence-corrected chi connectivity index (χ1v) is 31.1. The van der Waals surface area contributed by atoms with Gasteiger partial charge in [-0.2, -0.15) is 0 Å². The molecule has 1 heteroatoms. The van der Waals surface area contributed by atoms with Crippen molar-refractivity contribution in [2.24, 2.45) is 0 Å². The van der Waals surface area contributed by atoms with Crippen LogP contribution in [0.2, 0.25) is 0 Å². The Morgan fingerprint density at radius 2 is 0.222 bits per heavy atom. The number of rotatable bonds is 59. The summed E-state index contributed by atoms with van der Waals surface area (Å²) in [5, 5.41) is 0. The Kier molecular flexibility index (Phi) is 59.9. The van der Waals surface area contributed by atoms with E-state index in [2.05, 4.69) is 25.7 Å². The van der Waals surface area contributed by atoms with E-state index in [1.165, 1.54) is 379 Å². The van der Waals surface area contributed by atoms with Crippen molar-refractivity contribution in [1.82, 2.24) is 4.90 Å². The number of unbranched alkanes of at least 4 members (excludes halogenated alkanes) is 53. The average Bonchev–Trinajstić information content (AvgIpc) is 3.29. The van der Waals surface area contributed by atoms with Gasteiger partial charge in [-0.25, -0.2) is 0 Å². The predicted octanol–water partition coefficient (Wildman–Crippen LogP) is 23.2. The first-order valence-electron chi connectivity index (χ1n) is 31.1. The van der Waals surface area contributed by atoms with E-state index in [1.807, 2.05) is 0 Å². The molecule has 0 unspecified atom stereocenters. The maximum Gasteiger partial charge on any atom is -0.00187 e. The third-order valence-electron chi connectivity index (χ3n) is 15.0. The summed E-state index contributed by atoms with van der Waals surface area (Å²) in [6.45, 7) is 11.1. The molecule has 0 aliphatic carbocycles. The fourth-order valence-corrected chi connectivity index (χ4v) is 10.4. The van der Waals surface area contributed by atoms with Gasteiger partial charge >= 0.3 is 0 Å². The molecule has 0 N–H and O–H groups in total. The first kappa shape index (κ1) is 63.0. The molecule has 0 amide bonds. The van der Waals surface area contributed by atoms with Crippen LogP contribution in [0.3, 0.4) is 0 Å². The smallest absolute Gasteiger partial charge is 0.00187 e. The Bertz CT molecular complexity index is 698. The van der Waals surface area contributed by atoms with Gasteiger partial charge < -0.3 is 4.90 Å². The lowest BCUT2D eigenvalue weighted by Gasteiger charge is -2.22. The number of hydrogen-bond acceptors (Lipinski definition) is 1. The van der Waals surface area contributed by atoms with Crippen molar-refractivity contribution in [3.63, 3.8) is 0 Å². The van der Waals surface area contributed by atoms with Crippen LogP contribution in [0.5, 0.6) is 0 Å². The molecule has 0 aromatic heterocycles. The van der Waals surface area contributed by atoms with E-state index in [0.717, 1.165) is 0 Å². The highest BCUT2D eigenvalue weighted by Gasteiger charge is 2.06. The Morgan fingerprint density at radius 3 is 0.333 bits per heavy atom. The molecule has 0 bridgehead atoms. The standard InChI is InChI=1S/C62H127N/c1-4-7-10-13-16-19-22-25-27-29-31-33-35-37-39-41-43-46-49-52-55-58-61-63(60-57-54-51-48-45-24-21-18-15-12-9-6-3)62-59-56-53-50-47-44-42-40-38-36-34-32-30-28-26-23-20-17-14-11-8-5-2/h4-62H2,1-3H3. The van der Waals surface area contributed by atoms with Crippen LogP contribution in [0.15, 0.2) is 0 Å². The lowest BCUT2D eigenvalue weighted by Crippen LogP contribution is -2.27. The minimum absolute atomic E-state index is 1.37. The summed E-state index contributed by atoms with van der Waals surface area (Å²) < 4.78 is 0. The third kappa shape index (κ3) is 58.0. The highest BCUT2D eigenvalue weighted by molar-refractivity contribution is 4.61. The Morgan fingerprint density at radius 1 is 0.127 bits per heavy atom. The average molecular weight is 887 g/mol. The van der Waals surface area contributed by atoms with E-state index in [1.54, 1.807) is 0 Å². The van der Waals surface area contributed by atoms with Crippen LogP contribution in [0, 0.1) is 0 Å². The third-order valence-corrected chi connectivity index (χ3v) is 15.0. The van der Waals surface area contributed by atoms with Gasteiger partial charge in [-0.1, -0.05) is 361 Å². The summed E-state index contributed by atoms with van der Waals surface area (Å²) in [5.41, 5.74) is 0. The zero-order chi connectivity index (χ0) is 45.3. The summed E-state index contributed by atoms with van der Waals surface area (Å²) in [7, 11) is 0. The van der Waals surface area contributed by atoms with Crippen LogP contribution in [0.25, 0.3) is 0 Å². The minimum Gasteiger partial charge on any atom is -0.303 e. The molecule has 0 heterocycles.